The van der Waals surface area contributed by atoms with Gasteiger partial charge in [0.1, 0.15) is 11.5 Å². The number of amides is 2. The van der Waals surface area contributed by atoms with Crippen LogP contribution in [0.15, 0.2) is 48.7 Å². The molecule has 0 radical (unpaired) electrons. The number of rotatable bonds is 5. The smallest absolute Gasteiger partial charge is 0.369 e. The van der Waals surface area contributed by atoms with Crippen molar-refractivity contribution < 1.29 is 22.4 Å². The van der Waals surface area contributed by atoms with Crippen LogP contribution in [0.1, 0.15) is 54.1 Å². The van der Waals surface area contributed by atoms with E-state index in [4.69, 9.17) is 5.10 Å². The Morgan fingerprint density at radius 3 is 2.39 bits per heavy atom. The molecule has 1 saturated carbocycles. The number of piperidine rings is 1. The molecule has 1 aromatic heterocycles. The average molecular weight is 528 g/mol. The molecular weight excluding hydrogens is 498 g/mol. The molecule has 0 spiro atoms. The molecule has 200 valence electrons. The number of aromatic nitrogens is 2. The first-order valence-corrected chi connectivity index (χ1v) is 13.0. The molecule has 1 aliphatic carbocycles. The number of hydrogen-bond donors (Lipinski definition) is 0. The molecule has 38 heavy (non-hydrogen) atoms. The molecule has 0 N–H and O–H groups in total. The van der Waals surface area contributed by atoms with Crippen LogP contribution in [0.25, 0.3) is 0 Å². The van der Waals surface area contributed by atoms with E-state index in [0.29, 0.717) is 49.5 Å². The fraction of sp³-hybridized carbons (Fsp3) is 0.429. The average Bonchev–Trinajstić information content (AvgIpc) is 3.65. The third kappa shape index (κ3) is 4.50. The third-order valence-corrected chi connectivity index (χ3v) is 7.86. The molecule has 2 fully saturated rings. The highest BCUT2D eigenvalue weighted by atomic mass is 19.4. The van der Waals surface area contributed by atoms with Crippen LogP contribution in [0.5, 0.6) is 0 Å². The van der Waals surface area contributed by atoms with E-state index in [1.54, 1.807) is 17.0 Å². The van der Waals surface area contributed by atoms with E-state index in [1.807, 2.05) is 28.8 Å². The van der Waals surface area contributed by atoms with E-state index in [9.17, 15) is 22.4 Å². The molecular formula is C28H29F4N5O. The van der Waals surface area contributed by atoms with Crippen molar-refractivity contribution in [3.63, 3.8) is 0 Å². The summed E-state index contributed by atoms with van der Waals surface area (Å²) in [5.41, 5.74) is 2.04. The van der Waals surface area contributed by atoms with Crippen molar-refractivity contribution in [2.45, 2.75) is 64.0 Å². The number of aryl methyl sites for hydroxylation is 1. The van der Waals surface area contributed by atoms with E-state index >= 15 is 0 Å². The van der Waals surface area contributed by atoms with Crippen molar-refractivity contribution in [3.8, 4) is 0 Å². The highest BCUT2D eigenvalue weighted by molar-refractivity contribution is 5.94. The maximum absolute atomic E-state index is 14.6. The summed E-state index contributed by atoms with van der Waals surface area (Å²) in [4.78, 5) is 19.1. The van der Waals surface area contributed by atoms with Crippen molar-refractivity contribution in [2.24, 2.45) is 0 Å². The van der Waals surface area contributed by atoms with E-state index in [0.717, 1.165) is 24.5 Å². The largest absolute Gasteiger partial charge is 0.416 e. The second kappa shape index (κ2) is 9.32. The number of benzene rings is 2. The van der Waals surface area contributed by atoms with Crippen LogP contribution >= 0.6 is 0 Å². The summed E-state index contributed by atoms with van der Waals surface area (Å²) >= 11 is 0. The van der Waals surface area contributed by atoms with Gasteiger partial charge >= 0.3 is 12.2 Å². The Balaban J connectivity index is 1.27. The number of carbonyl (C=O) groups excluding carboxylic acids is 1. The lowest BCUT2D eigenvalue weighted by molar-refractivity contribution is -0.138. The Labute approximate surface area is 218 Å². The monoisotopic (exact) mass is 527 g/mol. The summed E-state index contributed by atoms with van der Waals surface area (Å²) in [6.07, 6.45) is 0.554. The number of carbonyl (C=O) groups is 1. The predicted octanol–water partition coefficient (Wildman–Crippen LogP) is 6.30. The van der Waals surface area contributed by atoms with Gasteiger partial charge in [0.05, 0.1) is 36.1 Å². The van der Waals surface area contributed by atoms with E-state index in [1.165, 1.54) is 23.1 Å². The number of hydrogen-bond acceptors (Lipinski definition) is 3. The number of halogens is 4. The Hall–Kier alpha value is -3.56. The van der Waals surface area contributed by atoms with Gasteiger partial charge in [0.2, 0.25) is 0 Å². The predicted molar refractivity (Wildman–Crippen MR) is 135 cm³/mol. The summed E-state index contributed by atoms with van der Waals surface area (Å²) in [7, 11) is 0. The number of urea groups is 1. The molecule has 0 atom stereocenters. The van der Waals surface area contributed by atoms with Gasteiger partial charge in [-0.3, -0.25) is 9.58 Å². The van der Waals surface area contributed by atoms with Crippen molar-refractivity contribution in [3.05, 3.63) is 76.9 Å². The maximum Gasteiger partial charge on any atom is 0.416 e. The lowest BCUT2D eigenvalue weighted by atomic mass is 10.00. The fourth-order valence-corrected chi connectivity index (χ4v) is 5.74. The minimum Gasteiger partial charge on any atom is -0.369 e. The molecule has 0 bridgehead atoms. The molecule has 2 aromatic carbocycles. The van der Waals surface area contributed by atoms with E-state index in [2.05, 4.69) is 0 Å². The number of alkyl halides is 3. The number of nitrogens with zero attached hydrogens (tertiary/aromatic N) is 5. The van der Waals surface area contributed by atoms with Crippen LogP contribution < -0.4 is 9.80 Å². The van der Waals surface area contributed by atoms with Gasteiger partial charge in [-0.25, -0.2) is 9.18 Å². The van der Waals surface area contributed by atoms with Crippen LogP contribution in [-0.4, -0.2) is 39.8 Å². The van der Waals surface area contributed by atoms with E-state index < -0.39 is 11.7 Å². The second-order valence-corrected chi connectivity index (χ2v) is 10.4. The molecule has 2 aliphatic heterocycles. The first-order chi connectivity index (χ1) is 18.2. The molecule has 0 unspecified atom stereocenters. The van der Waals surface area contributed by atoms with Crippen molar-refractivity contribution in [1.82, 2.24) is 14.7 Å². The standard InChI is InChI=1S/C28H29F4N5O/c1-18-5-4-8-23(29)26(18)34-13-11-20(12-14-34)35-16-24-25(17-37(33-24)21-9-10-21)36(27(35)38)15-19-6-2-3-7-22(19)28(30,31)32/h2-8,17,20-21H,9-16H2,1H3. The van der Waals surface area contributed by atoms with Crippen molar-refractivity contribution in [1.29, 1.82) is 0 Å². The zero-order chi connectivity index (χ0) is 26.6. The molecule has 3 aromatic rings. The first kappa shape index (κ1) is 24.8. The van der Waals surface area contributed by atoms with Gasteiger partial charge in [-0.05, 0) is 55.9 Å². The highest BCUT2D eigenvalue weighted by Gasteiger charge is 2.41. The van der Waals surface area contributed by atoms with E-state index in [-0.39, 0.29) is 36.0 Å². The fourth-order valence-electron chi connectivity index (χ4n) is 5.74. The van der Waals surface area contributed by atoms with Gasteiger partial charge in [0.15, 0.2) is 0 Å². The maximum atomic E-state index is 14.6. The van der Waals surface area contributed by atoms with Crippen LogP contribution in [0, 0.1) is 12.7 Å². The number of anilines is 2. The normalized spacial score (nSPS) is 18.8. The van der Waals surface area contributed by atoms with Crippen LogP contribution in [0.4, 0.5) is 33.7 Å². The summed E-state index contributed by atoms with van der Waals surface area (Å²) in [6.45, 7) is 3.16. The highest BCUT2D eigenvalue weighted by Crippen LogP contribution is 2.40. The Bertz CT molecular complexity index is 1340. The van der Waals surface area contributed by atoms with Gasteiger partial charge < -0.3 is 9.80 Å². The minimum atomic E-state index is -4.52. The topological polar surface area (TPSA) is 44.6 Å². The first-order valence-electron chi connectivity index (χ1n) is 13.0. The summed E-state index contributed by atoms with van der Waals surface area (Å²) < 4.78 is 57.7. The van der Waals surface area contributed by atoms with Gasteiger partial charge in [-0.1, -0.05) is 30.3 Å². The minimum absolute atomic E-state index is 0.0465. The summed E-state index contributed by atoms with van der Waals surface area (Å²) in [6, 6.07) is 10.3. The summed E-state index contributed by atoms with van der Waals surface area (Å²) in [5, 5.41) is 4.74. The molecule has 6 rings (SSSR count). The SMILES string of the molecule is Cc1cccc(F)c1N1CCC(N2Cc3nn(C4CC4)cc3N(Cc3ccccc3C(F)(F)F)C2=O)CC1. The van der Waals surface area contributed by atoms with Crippen LogP contribution in [-0.2, 0) is 19.3 Å². The van der Waals surface area contributed by atoms with Gasteiger partial charge in [-0.15, -0.1) is 0 Å². The molecule has 2 amide bonds. The zero-order valence-corrected chi connectivity index (χ0v) is 21.1. The third-order valence-electron chi connectivity index (χ3n) is 7.86. The Kier molecular flexibility index (Phi) is 6.07. The van der Waals surface area contributed by atoms with Crippen LogP contribution in [0.3, 0.4) is 0 Å². The van der Waals surface area contributed by atoms with Gasteiger partial charge in [0.25, 0.3) is 0 Å². The number of fused-ring (bicyclic) bond motifs is 1. The lowest BCUT2D eigenvalue weighted by Crippen LogP contribution is -2.54. The van der Waals surface area contributed by atoms with Crippen molar-refractivity contribution >= 4 is 17.4 Å². The quantitative estimate of drug-likeness (QED) is 0.366. The Morgan fingerprint density at radius 2 is 1.71 bits per heavy atom. The second-order valence-electron chi connectivity index (χ2n) is 10.4. The van der Waals surface area contributed by atoms with Gasteiger partial charge in [-0.2, -0.15) is 18.3 Å². The zero-order valence-electron chi connectivity index (χ0n) is 21.1. The number of para-hydroxylation sites is 1. The van der Waals surface area contributed by atoms with Gasteiger partial charge in [0, 0.05) is 25.3 Å². The molecule has 10 heteroatoms. The van der Waals surface area contributed by atoms with Crippen LogP contribution in [0.2, 0.25) is 0 Å². The summed E-state index contributed by atoms with van der Waals surface area (Å²) in [5.74, 6) is -0.262. The van der Waals surface area contributed by atoms with Crippen molar-refractivity contribution in [2.75, 3.05) is 22.9 Å². The molecule has 6 nitrogen and oxygen atoms in total. The molecule has 3 aliphatic rings. The molecule has 1 saturated heterocycles. The Morgan fingerprint density at radius 1 is 0.974 bits per heavy atom. The molecule has 3 heterocycles. The lowest BCUT2D eigenvalue weighted by Gasteiger charge is -2.43.